The van der Waals surface area contributed by atoms with Crippen molar-refractivity contribution < 1.29 is 19.0 Å². The lowest BCUT2D eigenvalue weighted by Gasteiger charge is -2.71. The summed E-state index contributed by atoms with van der Waals surface area (Å²) < 4.78 is 17.1. The molecule has 10 atom stereocenters. The van der Waals surface area contributed by atoms with E-state index < -0.39 is 0 Å². The zero-order valence-corrected chi connectivity index (χ0v) is 30.3. The average molecular weight is 629 g/mol. The largest absolute Gasteiger partial charge is 0.493 e. The molecule has 1 aromatic rings. The summed E-state index contributed by atoms with van der Waals surface area (Å²) in [5.41, 5.74) is 6.12. The van der Waals surface area contributed by atoms with Gasteiger partial charge in [0.05, 0.1) is 14.2 Å². The smallest absolute Gasteiger partial charge is 0.331 e. The quantitative estimate of drug-likeness (QED) is 0.163. The van der Waals surface area contributed by atoms with Crippen LogP contribution in [0.5, 0.6) is 11.5 Å². The zero-order valence-electron chi connectivity index (χ0n) is 30.3. The molecule has 0 saturated heterocycles. The van der Waals surface area contributed by atoms with Gasteiger partial charge in [-0.1, -0.05) is 44.9 Å². The molecule has 0 bridgehead atoms. The minimum Gasteiger partial charge on any atom is -0.493 e. The van der Waals surface area contributed by atoms with Crippen molar-refractivity contribution in [3.05, 3.63) is 41.0 Å². The molecule has 6 fully saturated rings. The van der Waals surface area contributed by atoms with Crippen LogP contribution in [0.1, 0.15) is 125 Å². The van der Waals surface area contributed by atoms with E-state index >= 15 is 0 Å². The van der Waals surface area contributed by atoms with Gasteiger partial charge in [-0.3, -0.25) is 0 Å². The summed E-state index contributed by atoms with van der Waals surface area (Å²) in [6.45, 7) is 17.2. The van der Waals surface area contributed by atoms with E-state index in [0.717, 1.165) is 35.7 Å². The van der Waals surface area contributed by atoms with Gasteiger partial charge in [0.15, 0.2) is 11.5 Å². The van der Waals surface area contributed by atoms with Crippen molar-refractivity contribution >= 4 is 12.0 Å². The maximum Gasteiger partial charge on any atom is 0.331 e. The second-order valence-electron chi connectivity index (χ2n) is 17.8. The molecule has 1 aromatic carbocycles. The van der Waals surface area contributed by atoms with Crippen molar-refractivity contribution in [3.63, 3.8) is 0 Å². The molecule has 46 heavy (non-hydrogen) atoms. The number of fused-ring (bicyclic) bond motifs is 1. The van der Waals surface area contributed by atoms with Crippen molar-refractivity contribution in [2.75, 3.05) is 14.2 Å². The summed E-state index contributed by atoms with van der Waals surface area (Å²) in [5, 5.41) is 0. The highest BCUT2D eigenvalue weighted by molar-refractivity contribution is 5.87. The van der Waals surface area contributed by atoms with Crippen molar-refractivity contribution in [3.8, 4) is 11.5 Å². The first-order chi connectivity index (χ1) is 21.8. The Morgan fingerprint density at radius 3 is 2.33 bits per heavy atom. The van der Waals surface area contributed by atoms with Crippen molar-refractivity contribution in [1.29, 1.82) is 0 Å². The van der Waals surface area contributed by atoms with E-state index in [1.165, 1.54) is 69.8 Å². The fraction of sp³-hybridized carbons (Fsp3) is 0.738. The second-order valence-corrected chi connectivity index (χ2v) is 17.8. The number of methoxy groups -OCH3 is 2. The minimum atomic E-state index is -0.236. The first-order valence-electron chi connectivity index (χ1n) is 18.5. The Kier molecular flexibility index (Phi) is 7.65. The molecule has 0 aromatic heterocycles. The van der Waals surface area contributed by atoms with Gasteiger partial charge in [0.2, 0.25) is 0 Å². The lowest BCUT2D eigenvalue weighted by Crippen LogP contribution is -2.65. The first kappa shape index (κ1) is 32.3. The van der Waals surface area contributed by atoms with Crippen LogP contribution < -0.4 is 9.47 Å². The Balaban J connectivity index is 1.04. The predicted molar refractivity (Wildman–Crippen MR) is 186 cm³/mol. The topological polar surface area (TPSA) is 44.8 Å². The summed E-state index contributed by atoms with van der Waals surface area (Å²) in [4.78, 5) is 13.2. The maximum absolute atomic E-state index is 13.2. The van der Waals surface area contributed by atoms with Crippen LogP contribution in [-0.2, 0) is 9.53 Å². The lowest BCUT2D eigenvalue weighted by molar-refractivity contribution is -0.235. The average Bonchev–Trinajstić information content (AvgIpc) is 3.61. The first-order valence-corrected chi connectivity index (χ1v) is 18.5. The Labute approximate surface area is 279 Å². The number of ether oxygens (including phenoxy) is 3. The number of allylic oxidation sites excluding steroid dienone is 2. The number of benzene rings is 1. The highest BCUT2D eigenvalue weighted by Gasteiger charge is 2.85. The Hall–Kier alpha value is -2.23. The molecule has 4 heteroatoms. The fourth-order valence-corrected chi connectivity index (χ4v) is 14.0. The molecule has 6 saturated carbocycles. The van der Waals surface area contributed by atoms with Gasteiger partial charge >= 0.3 is 5.97 Å². The standard InChI is InChI=1S/C42H60O4/c1-26(2)27(3)10-13-30-28(4)42-23-22-41-25-40(41)21-19-36(46-37(43)17-12-29-11-14-32(44-8)33(24-29)45-9)38(5,6)34(40)15-16-35(41)39(42,7)20-18-31(30)42/h11-12,14,17,24,28,30-31,34-36H,10,13,15-16,18-23,25H2,1-9H3/b17-12+. The van der Waals surface area contributed by atoms with Crippen LogP contribution in [-0.4, -0.2) is 26.3 Å². The number of rotatable bonds is 8. The summed E-state index contributed by atoms with van der Waals surface area (Å²) >= 11 is 0. The fourth-order valence-electron chi connectivity index (χ4n) is 14.0. The Morgan fingerprint density at radius 2 is 1.61 bits per heavy atom. The third kappa shape index (κ3) is 4.19. The summed E-state index contributed by atoms with van der Waals surface area (Å²) in [6, 6.07) is 5.69. The molecule has 0 radical (unpaired) electrons. The maximum atomic E-state index is 13.2. The van der Waals surface area contributed by atoms with E-state index in [-0.39, 0.29) is 17.5 Å². The highest BCUT2D eigenvalue weighted by atomic mass is 16.5. The molecule has 4 nitrogen and oxygen atoms in total. The third-order valence-corrected chi connectivity index (χ3v) is 16.4. The molecule has 6 aliphatic carbocycles. The normalized spacial score (nSPS) is 42.8. The number of carbonyl (C=O) groups is 1. The van der Waals surface area contributed by atoms with E-state index in [4.69, 9.17) is 14.2 Å². The molecular formula is C42H60O4. The van der Waals surface area contributed by atoms with Crippen LogP contribution in [0.4, 0.5) is 0 Å². The molecule has 3 spiro atoms. The highest BCUT2D eigenvalue weighted by Crippen LogP contribution is 2.91. The van der Waals surface area contributed by atoms with E-state index in [9.17, 15) is 4.79 Å². The van der Waals surface area contributed by atoms with Gasteiger partial charge in [-0.15, -0.1) is 0 Å². The monoisotopic (exact) mass is 628 g/mol. The molecular weight excluding hydrogens is 568 g/mol. The molecule has 0 aliphatic heterocycles. The predicted octanol–water partition coefficient (Wildman–Crippen LogP) is 10.5. The van der Waals surface area contributed by atoms with Gasteiger partial charge in [-0.2, -0.15) is 0 Å². The van der Waals surface area contributed by atoms with Crippen LogP contribution in [0.2, 0.25) is 0 Å². The van der Waals surface area contributed by atoms with Gasteiger partial charge in [-0.05, 0) is 166 Å². The van der Waals surface area contributed by atoms with Gasteiger partial charge in [0.25, 0.3) is 0 Å². The zero-order chi connectivity index (χ0) is 32.9. The number of hydrogen-bond acceptors (Lipinski definition) is 4. The number of esters is 1. The number of carbonyl (C=O) groups excluding carboxylic acids is 1. The van der Waals surface area contributed by atoms with E-state index in [1.807, 2.05) is 24.3 Å². The molecule has 252 valence electrons. The van der Waals surface area contributed by atoms with E-state index in [0.29, 0.717) is 39.1 Å². The molecule has 0 amide bonds. The van der Waals surface area contributed by atoms with Crippen molar-refractivity contribution in [2.45, 2.75) is 125 Å². The molecule has 7 rings (SSSR count). The summed E-state index contributed by atoms with van der Waals surface area (Å²) in [6.07, 6.45) is 18.3. The van der Waals surface area contributed by atoms with Crippen LogP contribution in [0, 0.1) is 56.7 Å². The van der Waals surface area contributed by atoms with Crippen molar-refractivity contribution in [1.82, 2.24) is 0 Å². The molecule has 6 aliphatic rings. The minimum absolute atomic E-state index is 0.00849. The van der Waals surface area contributed by atoms with Crippen LogP contribution >= 0.6 is 0 Å². The van der Waals surface area contributed by atoms with Crippen LogP contribution in [0.15, 0.2) is 35.4 Å². The van der Waals surface area contributed by atoms with E-state index in [1.54, 1.807) is 25.9 Å². The third-order valence-electron chi connectivity index (χ3n) is 16.4. The van der Waals surface area contributed by atoms with Gasteiger partial charge < -0.3 is 14.2 Å². The Bertz CT molecular complexity index is 1450. The molecule has 0 N–H and O–H groups in total. The number of hydrogen-bond donors (Lipinski definition) is 0. The molecule has 10 unspecified atom stereocenters. The van der Waals surface area contributed by atoms with Gasteiger partial charge in [0, 0.05) is 11.5 Å². The van der Waals surface area contributed by atoms with Gasteiger partial charge in [-0.25, -0.2) is 4.79 Å². The lowest BCUT2D eigenvalue weighted by atomic mass is 9.33. The molecule has 0 heterocycles. The van der Waals surface area contributed by atoms with Crippen LogP contribution in [0.3, 0.4) is 0 Å². The summed E-state index contributed by atoms with van der Waals surface area (Å²) in [5.74, 6) is 5.39. The van der Waals surface area contributed by atoms with E-state index in [2.05, 4.69) is 48.5 Å². The van der Waals surface area contributed by atoms with Crippen LogP contribution in [0.25, 0.3) is 6.08 Å². The van der Waals surface area contributed by atoms with Crippen molar-refractivity contribution in [2.24, 2.45) is 56.7 Å². The summed E-state index contributed by atoms with van der Waals surface area (Å²) in [7, 11) is 3.26. The second kappa shape index (κ2) is 10.9. The van der Waals surface area contributed by atoms with Gasteiger partial charge in [0.1, 0.15) is 6.10 Å². The Morgan fingerprint density at radius 1 is 0.891 bits per heavy atom. The SMILES string of the molecule is COc1ccc(/C=C/C(=O)OC2CCC34CC35CCC36C(C)C(CCC(C)=C(C)C)C3CCC6(C)C5CCC4C2(C)C)cc1OC.